The van der Waals surface area contributed by atoms with Gasteiger partial charge in [0, 0.05) is 17.8 Å². The summed E-state index contributed by atoms with van der Waals surface area (Å²) in [7, 11) is -3.44. The molecule has 0 spiro atoms. The number of benzene rings is 1. The molecule has 4 N–H and O–H groups in total. The molecule has 1 aromatic carbocycles. The van der Waals surface area contributed by atoms with Crippen molar-refractivity contribution in [2.75, 3.05) is 24.7 Å². The van der Waals surface area contributed by atoms with Crippen molar-refractivity contribution in [3.8, 4) is 5.75 Å². The summed E-state index contributed by atoms with van der Waals surface area (Å²) in [6, 6.07) is 6.27. The Labute approximate surface area is 107 Å². The average Bonchev–Trinajstić information content (AvgIpc) is 2.28. The van der Waals surface area contributed by atoms with Crippen molar-refractivity contribution in [3.63, 3.8) is 0 Å². The summed E-state index contributed by atoms with van der Waals surface area (Å²) in [5.41, 5.74) is 6.12. The zero-order valence-electron chi connectivity index (χ0n) is 10.2. The Morgan fingerprint density at radius 3 is 2.83 bits per heavy atom. The van der Waals surface area contributed by atoms with Gasteiger partial charge in [0.1, 0.15) is 12.4 Å². The van der Waals surface area contributed by atoms with Gasteiger partial charge < -0.3 is 15.6 Å². The molecule has 1 atom stereocenters. The van der Waals surface area contributed by atoms with E-state index in [1.807, 2.05) is 0 Å². The minimum absolute atomic E-state index is 0.0247. The van der Waals surface area contributed by atoms with Crippen LogP contribution in [0.5, 0.6) is 5.75 Å². The van der Waals surface area contributed by atoms with Gasteiger partial charge in [-0.15, -0.1) is 0 Å². The number of aliphatic hydroxyl groups is 1. The Bertz CT molecular complexity index is 476. The number of nitrogens with one attached hydrogen (secondary N) is 1. The lowest BCUT2D eigenvalue weighted by Crippen LogP contribution is -2.37. The van der Waals surface area contributed by atoms with Gasteiger partial charge in [-0.3, -0.25) is 0 Å². The molecule has 0 fully saturated rings. The molecule has 0 aromatic heterocycles. The third kappa shape index (κ3) is 5.35. The highest BCUT2D eigenvalue weighted by Gasteiger charge is 2.13. The molecule has 0 radical (unpaired) electrons. The van der Waals surface area contributed by atoms with Gasteiger partial charge in [-0.1, -0.05) is 6.07 Å². The molecular weight excluding hydrogens is 256 g/mol. The lowest BCUT2D eigenvalue weighted by Gasteiger charge is -2.12. The van der Waals surface area contributed by atoms with E-state index < -0.39 is 16.1 Å². The Kier molecular flexibility index (Phi) is 5.39. The highest BCUT2D eigenvalue weighted by Crippen LogP contribution is 2.14. The van der Waals surface area contributed by atoms with E-state index in [4.69, 9.17) is 15.6 Å². The quantitative estimate of drug-likeness (QED) is 0.605. The van der Waals surface area contributed by atoms with Gasteiger partial charge in [0.15, 0.2) is 0 Å². The largest absolute Gasteiger partial charge is 0.492 e. The zero-order chi connectivity index (χ0) is 13.6. The molecule has 102 valence electrons. The van der Waals surface area contributed by atoms with Crippen LogP contribution in [-0.4, -0.2) is 38.5 Å². The van der Waals surface area contributed by atoms with Crippen LogP contribution >= 0.6 is 0 Å². The highest BCUT2D eigenvalue weighted by molar-refractivity contribution is 7.89. The minimum atomic E-state index is -3.44. The molecule has 6 nitrogen and oxygen atoms in total. The Morgan fingerprint density at radius 1 is 1.50 bits per heavy atom. The van der Waals surface area contributed by atoms with E-state index in [9.17, 15) is 8.42 Å². The molecule has 0 aliphatic carbocycles. The van der Waals surface area contributed by atoms with Crippen LogP contribution in [-0.2, 0) is 10.0 Å². The van der Waals surface area contributed by atoms with Crippen LogP contribution in [0.3, 0.4) is 0 Å². The van der Waals surface area contributed by atoms with Crippen LogP contribution in [0, 0.1) is 0 Å². The number of nitrogens with two attached hydrogens (primary N) is 1. The fourth-order valence-electron chi connectivity index (χ4n) is 1.28. The fraction of sp³-hybridized carbons (Fsp3) is 0.455. The lowest BCUT2D eigenvalue weighted by molar-refractivity contribution is 0.264. The normalized spacial score (nSPS) is 13.2. The predicted molar refractivity (Wildman–Crippen MR) is 69.8 cm³/mol. The van der Waals surface area contributed by atoms with E-state index in [0.29, 0.717) is 11.4 Å². The Morgan fingerprint density at radius 2 is 2.22 bits per heavy atom. The average molecular weight is 274 g/mol. The van der Waals surface area contributed by atoms with Crippen LogP contribution in [0.15, 0.2) is 24.3 Å². The first-order valence-electron chi connectivity index (χ1n) is 5.52. The maximum absolute atomic E-state index is 11.5. The van der Waals surface area contributed by atoms with Gasteiger partial charge in [-0.25, -0.2) is 13.1 Å². The number of ether oxygens (including phenoxy) is 1. The van der Waals surface area contributed by atoms with Crippen LogP contribution in [0.4, 0.5) is 5.69 Å². The third-order valence-corrected chi connectivity index (χ3v) is 3.60. The van der Waals surface area contributed by atoms with E-state index in [2.05, 4.69) is 4.72 Å². The number of rotatable bonds is 7. The molecule has 18 heavy (non-hydrogen) atoms. The maximum Gasteiger partial charge on any atom is 0.215 e. The monoisotopic (exact) mass is 274 g/mol. The summed E-state index contributed by atoms with van der Waals surface area (Å²) in [5, 5.41) is 8.76. The first-order chi connectivity index (χ1) is 8.43. The Balaban J connectivity index is 2.42. The first-order valence-corrected chi connectivity index (χ1v) is 7.17. The van der Waals surface area contributed by atoms with Gasteiger partial charge in [-0.05, 0) is 19.1 Å². The second kappa shape index (κ2) is 6.58. The summed E-state index contributed by atoms with van der Waals surface area (Å²) in [6.45, 7) is 1.36. The molecule has 0 saturated carbocycles. The number of anilines is 1. The van der Waals surface area contributed by atoms with Crippen molar-refractivity contribution >= 4 is 15.7 Å². The SMILES string of the molecule is C[C@H](CO)NS(=O)(=O)CCOc1cccc(N)c1. The van der Waals surface area contributed by atoms with Crippen LogP contribution in [0.2, 0.25) is 0 Å². The molecule has 0 bridgehead atoms. The maximum atomic E-state index is 11.5. The zero-order valence-corrected chi connectivity index (χ0v) is 11.0. The molecule has 0 aliphatic rings. The lowest BCUT2D eigenvalue weighted by atomic mass is 10.3. The van der Waals surface area contributed by atoms with Gasteiger partial charge in [0.25, 0.3) is 0 Å². The predicted octanol–water partition coefficient (Wildman–Crippen LogP) is -0.0522. The number of aliphatic hydroxyl groups excluding tert-OH is 1. The molecule has 0 aliphatic heterocycles. The Hall–Kier alpha value is -1.31. The molecular formula is C11H18N2O4S. The number of sulfonamides is 1. The second-order valence-corrected chi connectivity index (χ2v) is 5.81. The number of nitrogen functional groups attached to an aromatic ring is 1. The van der Waals surface area contributed by atoms with E-state index >= 15 is 0 Å². The van der Waals surface area contributed by atoms with Crippen molar-refractivity contribution < 1.29 is 18.3 Å². The second-order valence-electron chi connectivity index (χ2n) is 3.94. The van der Waals surface area contributed by atoms with Gasteiger partial charge >= 0.3 is 0 Å². The van der Waals surface area contributed by atoms with Crippen molar-refractivity contribution in [2.45, 2.75) is 13.0 Å². The van der Waals surface area contributed by atoms with Gasteiger partial charge in [-0.2, -0.15) is 0 Å². The number of hydrogen-bond acceptors (Lipinski definition) is 5. The highest BCUT2D eigenvalue weighted by atomic mass is 32.2. The van der Waals surface area contributed by atoms with E-state index in [0.717, 1.165) is 0 Å². The summed E-state index contributed by atoms with van der Waals surface area (Å²) in [6.07, 6.45) is 0. The molecule has 0 amide bonds. The molecule has 1 aromatic rings. The summed E-state index contributed by atoms with van der Waals surface area (Å²) in [4.78, 5) is 0. The van der Waals surface area contributed by atoms with Crippen LogP contribution in [0.1, 0.15) is 6.92 Å². The minimum Gasteiger partial charge on any atom is -0.492 e. The molecule has 0 saturated heterocycles. The summed E-state index contributed by atoms with van der Waals surface area (Å²) < 4.78 is 30.7. The van der Waals surface area contributed by atoms with E-state index in [-0.39, 0.29) is 19.0 Å². The molecule has 0 heterocycles. The smallest absolute Gasteiger partial charge is 0.215 e. The fourth-order valence-corrected chi connectivity index (χ4v) is 2.38. The van der Waals surface area contributed by atoms with Gasteiger partial charge in [0.2, 0.25) is 10.0 Å². The standard InChI is InChI=1S/C11H18N2O4S/c1-9(8-14)13-18(15,16)6-5-17-11-4-2-3-10(12)7-11/h2-4,7,9,13-14H,5-6,8,12H2,1H3/t9-/m1/s1. The third-order valence-electron chi connectivity index (χ3n) is 2.13. The van der Waals surface area contributed by atoms with Crippen molar-refractivity contribution in [1.29, 1.82) is 0 Å². The van der Waals surface area contributed by atoms with Crippen molar-refractivity contribution in [3.05, 3.63) is 24.3 Å². The number of hydrogen-bond donors (Lipinski definition) is 3. The van der Waals surface area contributed by atoms with Gasteiger partial charge in [0.05, 0.1) is 12.4 Å². The van der Waals surface area contributed by atoms with E-state index in [1.54, 1.807) is 31.2 Å². The first kappa shape index (κ1) is 14.7. The summed E-state index contributed by atoms with van der Waals surface area (Å²) >= 11 is 0. The summed E-state index contributed by atoms with van der Waals surface area (Å²) in [5.74, 6) is 0.354. The van der Waals surface area contributed by atoms with E-state index in [1.165, 1.54) is 0 Å². The van der Waals surface area contributed by atoms with Crippen LogP contribution < -0.4 is 15.2 Å². The molecule has 7 heteroatoms. The van der Waals surface area contributed by atoms with Crippen molar-refractivity contribution in [2.24, 2.45) is 0 Å². The molecule has 0 unspecified atom stereocenters. The molecule has 1 rings (SSSR count). The van der Waals surface area contributed by atoms with Crippen LogP contribution in [0.25, 0.3) is 0 Å². The topological polar surface area (TPSA) is 102 Å². The van der Waals surface area contributed by atoms with Crippen molar-refractivity contribution in [1.82, 2.24) is 4.72 Å².